The molecule has 1 aromatic rings. The van der Waals surface area contributed by atoms with E-state index in [2.05, 4.69) is 55.3 Å². The van der Waals surface area contributed by atoms with Crippen LogP contribution in [-0.4, -0.2) is 24.0 Å². The summed E-state index contributed by atoms with van der Waals surface area (Å²) >= 11 is 0. The van der Waals surface area contributed by atoms with Crippen molar-refractivity contribution < 1.29 is 0 Å². The van der Waals surface area contributed by atoms with Gasteiger partial charge in [-0.3, -0.25) is 4.90 Å². The van der Waals surface area contributed by atoms with E-state index in [-0.39, 0.29) is 5.92 Å². The average Bonchev–Trinajstić information content (AvgIpc) is 3.38. The molecule has 112 valence electrons. The van der Waals surface area contributed by atoms with E-state index in [0.29, 0.717) is 18.0 Å². The van der Waals surface area contributed by atoms with Crippen LogP contribution in [0.25, 0.3) is 0 Å². The Morgan fingerprint density at radius 1 is 1.14 bits per heavy atom. The van der Waals surface area contributed by atoms with Gasteiger partial charge >= 0.3 is 0 Å². The van der Waals surface area contributed by atoms with Gasteiger partial charge in [0.15, 0.2) is 0 Å². The number of nitrogens with zero attached hydrogens (tertiary/aromatic N) is 2. The molecule has 2 aliphatic carbocycles. The molecule has 0 spiro atoms. The third kappa shape index (κ3) is 3.14. The Morgan fingerprint density at radius 3 is 2.48 bits per heavy atom. The summed E-state index contributed by atoms with van der Waals surface area (Å²) < 4.78 is 0. The van der Waals surface area contributed by atoms with Crippen LogP contribution in [0.15, 0.2) is 30.3 Å². The Bertz CT molecular complexity index is 500. The van der Waals surface area contributed by atoms with Crippen molar-refractivity contribution in [3.63, 3.8) is 0 Å². The monoisotopic (exact) mass is 282 g/mol. The molecule has 21 heavy (non-hydrogen) atoms. The van der Waals surface area contributed by atoms with Crippen molar-refractivity contribution in [1.29, 1.82) is 5.26 Å². The van der Waals surface area contributed by atoms with Crippen LogP contribution in [0.4, 0.5) is 0 Å². The maximum absolute atomic E-state index is 9.53. The fraction of sp³-hybridized carbons (Fsp3) is 0.632. The molecule has 2 heteroatoms. The summed E-state index contributed by atoms with van der Waals surface area (Å²) in [6.45, 7) is 2.35. The zero-order valence-corrected chi connectivity index (χ0v) is 13.2. The molecule has 0 aliphatic heterocycles. The topological polar surface area (TPSA) is 27.0 Å². The fourth-order valence-corrected chi connectivity index (χ4v) is 3.99. The summed E-state index contributed by atoms with van der Waals surface area (Å²) in [6.07, 6.45) is 6.08. The van der Waals surface area contributed by atoms with Crippen molar-refractivity contribution in [2.24, 2.45) is 11.8 Å². The molecule has 0 amide bonds. The van der Waals surface area contributed by atoms with E-state index in [0.717, 1.165) is 25.2 Å². The molecule has 4 unspecified atom stereocenters. The molecule has 2 saturated carbocycles. The molecule has 1 aromatic carbocycles. The van der Waals surface area contributed by atoms with Gasteiger partial charge in [0.25, 0.3) is 0 Å². The summed E-state index contributed by atoms with van der Waals surface area (Å²) in [5, 5.41) is 9.53. The molecule has 2 fully saturated rings. The summed E-state index contributed by atoms with van der Waals surface area (Å²) in [5.74, 6) is 1.69. The van der Waals surface area contributed by atoms with Crippen molar-refractivity contribution in [2.45, 2.75) is 57.0 Å². The third-order valence-corrected chi connectivity index (χ3v) is 5.72. The SMILES string of the molecule is CC(C1CC1)N(C)C1CC(c2ccccc2)CCC1C#N. The van der Waals surface area contributed by atoms with Gasteiger partial charge in [-0.1, -0.05) is 30.3 Å². The molecular weight excluding hydrogens is 256 g/mol. The molecule has 4 atom stereocenters. The normalized spacial score (nSPS) is 30.9. The van der Waals surface area contributed by atoms with Crippen LogP contribution in [0, 0.1) is 23.2 Å². The lowest BCUT2D eigenvalue weighted by molar-refractivity contribution is 0.0991. The first-order valence-corrected chi connectivity index (χ1v) is 8.37. The molecular formula is C19H26N2. The Morgan fingerprint density at radius 2 is 1.86 bits per heavy atom. The van der Waals surface area contributed by atoms with Gasteiger partial charge in [-0.2, -0.15) is 5.26 Å². The number of nitriles is 1. The largest absolute Gasteiger partial charge is 0.299 e. The van der Waals surface area contributed by atoms with Gasteiger partial charge in [0.05, 0.1) is 12.0 Å². The molecule has 2 aliphatic rings. The summed E-state index contributed by atoms with van der Waals surface area (Å²) in [6, 6.07) is 14.5. The van der Waals surface area contributed by atoms with Crippen LogP contribution in [0.5, 0.6) is 0 Å². The summed E-state index contributed by atoms with van der Waals surface area (Å²) in [4.78, 5) is 2.51. The molecule has 2 nitrogen and oxygen atoms in total. The zero-order valence-electron chi connectivity index (χ0n) is 13.2. The van der Waals surface area contributed by atoms with E-state index >= 15 is 0 Å². The highest BCUT2D eigenvalue weighted by Gasteiger charge is 2.39. The van der Waals surface area contributed by atoms with E-state index < -0.39 is 0 Å². The third-order valence-electron chi connectivity index (χ3n) is 5.72. The van der Waals surface area contributed by atoms with E-state index in [1.165, 1.54) is 18.4 Å². The molecule has 0 aromatic heterocycles. The lowest BCUT2D eigenvalue weighted by Gasteiger charge is -2.41. The lowest BCUT2D eigenvalue weighted by atomic mass is 9.75. The fourth-order valence-electron chi connectivity index (χ4n) is 3.99. The molecule has 0 N–H and O–H groups in total. The zero-order chi connectivity index (χ0) is 14.8. The van der Waals surface area contributed by atoms with Crippen molar-refractivity contribution in [1.82, 2.24) is 4.90 Å². The number of benzene rings is 1. The second-order valence-electron chi connectivity index (χ2n) is 6.97. The summed E-state index contributed by atoms with van der Waals surface area (Å²) in [7, 11) is 2.24. The smallest absolute Gasteiger partial charge is 0.0672 e. The molecule has 0 heterocycles. The molecule has 3 rings (SSSR count). The minimum absolute atomic E-state index is 0.205. The van der Waals surface area contributed by atoms with Crippen molar-refractivity contribution in [3.05, 3.63) is 35.9 Å². The van der Waals surface area contributed by atoms with Crippen LogP contribution in [0.1, 0.15) is 50.5 Å². The average molecular weight is 282 g/mol. The molecule has 0 saturated heterocycles. The van der Waals surface area contributed by atoms with Gasteiger partial charge in [0, 0.05) is 12.1 Å². The van der Waals surface area contributed by atoms with E-state index in [1.807, 2.05) is 0 Å². The number of hydrogen-bond acceptors (Lipinski definition) is 2. The van der Waals surface area contributed by atoms with Crippen LogP contribution < -0.4 is 0 Å². The van der Waals surface area contributed by atoms with E-state index in [1.54, 1.807) is 0 Å². The summed E-state index contributed by atoms with van der Waals surface area (Å²) in [5.41, 5.74) is 1.45. The highest BCUT2D eigenvalue weighted by atomic mass is 15.2. The van der Waals surface area contributed by atoms with Crippen molar-refractivity contribution >= 4 is 0 Å². The maximum Gasteiger partial charge on any atom is 0.0672 e. The first-order chi connectivity index (χ1) is 10.2. The highest BCUT2D eigenvalue weighted by Crippen LogP contribution is 2.41. The number of rotatable bonds is 4. The Kier molecular flexibility index (Phi) is 4.31. The van der Waals surface area contributed by atoms with E-state index in [9.17, 15) is 5.26 Å². The Labute approximate surface area is 128 Å². The standard InChI is InChI=1S/C19H26N2/c1-14(15-8-9-15)21(2)19-12-17(10-11-18(19)13-20)16-6-4-3-5-7-16/h3-7,14-15,17-19H,8-12H2,1-2H3. The van der Waals surface area contributed by atoms with Gasteiger partial charge in [-0.25, -0.2) is 0 Å². The minimum Gasteiger partial charge on any atom is -0.299 e. The minimum atomic E-state index is 0.205. The maximum atomic E-state index is 9.53. The second kappa shape index (κ2) is 6.20. The second-order valence-corrected chi connectivity index (χ2v) is 6.97. The van der Waals surface area contributed by atoms with Crippen LogP contribution in [-0.2, 0) is 0 Å². The quantitative estimate of drug-likeness (QED) is 0.828. The van der Waals surface area contributed by atoms with Gasteiger partial charge in [0.1, 0.15) is 0 Å². The Balaban J connectivity index is 1.74. The van der Waals surface area contributed by atoms with Crippen LogP contribution in [0.2, 0.25) is 0 Å². The van der Waals surface area contributed by atoms with Gasteiger partial charge in [0.2, 0.25) is 0 Å². The molecule has 0 bridgehead atoms. The predicted molar refractivity (Wildman–Crippen MR) is 85.9 cm³/mol. The van der Waals surface area contributed by atoms with Crippen molar-refractivity contribution in [2.75, 3.05) is 7.05 Å². The number of hydrogen-bond donors (Lipinski definition) is 0. The van der Waals surface area contributed by atoms with Crippen LogP contribution in [0.3, 0.4) is 0 Å². The van der Waals surface area contributed by atoms with Gasteiger partial charge in [-0.15, -0.1) is 0 Å². The first kappa shape index (κ1) is 14.6. The van der Waals surface area contributed by atoms with Crippen molar-refractivity contribution in [3.8, 4) is 6.07 Å². The first-order valence-electron chi connectivity index (χ1n) is 8.37. The Hall–Kier alpha value is -1.33. The van der Waals surface area contributed by atoms with Gasteiger partial charge < -0.3 is 0 Å². The van der Waals surface area contributed by atoms with Gasteiger partial charge in [-0.05, 0) is 63.5 Å². The van der Waals surface area contributed by atoms with Crippen LogP contribution >= 0.6 is 0 Å². The highest BCUT2D eigenvalue weighted by molar-refractivity contribution is 5.21. The van der Waals surface area contributed by atoms with E-state index in [4.69, 9.17) is 0 Å². The lowest BCUT2D eigenvalue weighted by Crippen LogP contribution is -2.46. The molecule has 0 radical (unpaired) electrons. The predicted octanol–water partition coefficient (Wildman–Crippen LogP) is 4.19.